The minimum absolute atomic E-state index is 0.712. The first kappa shape index (κ1) is 10.4. The topological polar surface area (TPSA) is 31.2 Å². The van der Waals surface area contributed by atoms with Crippen molar-refractivity contribution in [1.82, 2.24) is 5.01 Å². The molecule has 0 N–H and O–H groups in total. The number of anilines is 1. The molecule has 1 heterocycles. The van der Waals surface area contributed by atoms with Crippen LogP contribution in [0.3, 0.4) is 0 Å². The van der Waals surface area contributed by atoms with Crippen molar-refractivity contribution >= 4 is 21.6 Å². The Labute approximate surface area is 97.7 Å². The summed E-state index contributed by atoms with van der Waals surface area (Å²) in [5.41, 5.74) is 3.67. The zero-order valence-electron chi connectivity index (χ0n) is 8.81. The molecule has 1 aromatic carbocycles. The van der Waals surface area contributed by atoms with Crippen LogP contribution in [0.5, 0.6) is 0 Å². The quantitative estimate of drug-likeness (QED) is 0.773. The summed E-state index contributed by atoms with van der Waals surface area (Å²) in [6, 6.07) is 6.23. The lowest BCUT2D eigenvalue weighted by Crippen LogP contribution is -2.22. The van der Waals surface area contributed by atoms with Crippen molar-refractivity contribution in [3.8, 4) is 0 Å². The molecule has 1 aliphatic rings. The lowest BCUT2D eigenvalue weighted by molar-refractivity contribution is 0.390. The van der Waals surface area contributed by atoms with Crippen molar-refractivity contribution in [3.05, 3.63) is 29.3 Å². The molecule has 5 heteroatoms. The molecule has 4 nitrogen and oxygen atoms in total. The fourth-order valence-corrected chi connectivity index (χ4v) is 2.32. The number of rotatable bonds is 2. The van der Waals surface area contributed by atoms with Crippen LogP contribution in [0.25, 0.3) is 0 Å². The maximum absolute atomic E-state index is 4.10. The Morgan fingerprint density at radius 2 is 2.20 bits per heavy atom. The maximum atomic E-state index is 4.10. The van der Waals surface area contributed by atoms with Crippen LogP contribution in [0, 0.1) is 6.92 Å². The Hall–Kier alpha value is -1.10. The highest BCUT2D eigenvalue weighted by molar-refractivity contribution is 9.08. The zero-order valence-corrected chi connectivity index (χ0v) is 10.4. The molecule has 0 aromatic heterocycles. The van der Waals surface area contributed by atoms with Gasteiger partial charge in [-0.05, 0) is 29.3 Å². The summed E-state index contributed by atoms with van der Waals surface area (Å²) in [5.74, 6) is 0. The third kappa shape index (κ3) is 1.97. The van der Waals surface area contributed by atoms with Crippen LogP contribution in [-0.2, 0) is 5.33 Å². The van der Waals surface area contributed by atoms with Crippen molar-refractivity contribution in [2.75, 3.05) is 18.7 Å². The van der Waals surface area contributed by atoms with Gasteiger partial charge in [-0.3, -0.25) is 5.01 Å². The van der Waals surface area contributed by atoms with Gasteiger partial charge in [-0.2, -0.15) is 0 Å². The van der Waals surface area contributed by atoms with Gasteiger partial charge in [0.05, 0.1) is 5.69 Å². The molecule has 0 amide bonds. The van der Waals surface area contributed by atoms with Gasteiger partial charge in [0.2, 0.25) is 0 Å². The molecular formula is C10H13BrN4. The second kappa shape index (κ2) is 4.18. The van der Waals surface area contributed by atoms with Gasteiger partial charge in [-0.25, -0.2) is 5.01 Å². The van der Waals surface area contributed by atoms with Crippen molar-refractivity contribution in [2.24, 2.45) is 10.4 Å². The Morgan fingerprint density at radius 1 is 1.40 bits per heavy atom. The van der Waals surface area contributed by atoms with Gasteiger partial charge in [-0.1, -0.05) is 33.3 Å². The summed E-state index contributed by atoms with van der Waals surface area (Å²) in [5, 5.41) is 12.6. The van der Waals surface area contributed by atoms with Crippen LogP contribution in [0.15, 0.2) is 28.6 Å². The normalized spacial score (nSPS) is 15.1. The van der Waals surface area contributed by atoms with Gasteiger partial charge in [0.1, 0.15) is 6.67 Å². The fourth-order valence-electron chi connectivity index (χ4n) is 1.59. The molecule has 15 heavy (non-hydrogen) atoms. The molecule has 0 atom stereocenters. The van der Waals surface area contributed by atoms with Crippen LogP contribution in [0.2, 0.25) is 0 Å². The minimum atomic E-state index is 0.712. The van der Waals surface area contributed by atoms with E-state index in [2.05, 4.69) is 45.4 Å². The molecule has 0 fully saturated rings. The monoisotopic (exact) mass is 268 g/mol. The summed E-state index contributed by atoms with van der Waals surface area (Å²) in [4.78, 5) is 0. The Morgan fingerprint density at radius 3 is 2.80 bits per heavy atom. The van der Waals surface area contributed by atoms with E-state index in [9.17, 15) is 0 Å². The molecule has 0 saturated carbocycles. The first-order chi connectivity index (χ1) is 7.22. The van der Waals surface area contributed by atoms with Gasteiger partial charge >= 0.3 is 0 Å². The first-order valence-corrected chi connectivity index (χ1v) is 5.89. The summed E-state index contributed by atoms with van der Waals surface area (Å²) in [6.07, 6.45) is 0. The molecule has 1 aromatic rings. The number of aryl methyl sites for hydroxylation is 1. The van der Waals surface area contributed by atoms with E-state index in [0.717, 1.165) is 11.0 Å². The van der Waals surface area contributed by atoms with Crippen LogP contribution < -0.4 is 5.01 Å². The molecule has 0 spiro atoms. The third-order valence-electron chi connectivity index (χ3n) is 2.44. The maximum Gasteiger partial charge on any atom is 0.132 e. The highest BCUT2D eigenvalue weighted by Gasteiger charge is 2.17. The summed E-state index contributed by atoms with van der Waals surface area (Å²) in [6.45, 7) is 2.82. The van der Waals surface area contributed by atoms with E-state index < -0.39 is 0 Å². The summed E-state index contributed by atoms with van der Waals surface area (Å²) in [7, 11) is 1.91. The van der Waals surface area contributed by atoms with Crippen molar-refractivity contribution < 1.29 is 0 Å². The largest absolute Gasteiger partial charge is 0.258 e. The number of hydrogen-bond donors (Lipinski definition) is 0. The van der Waals surface area contributed by atoms with Crippen molar-refractivity contribution in [3.63, 3.8) is 0 Å². The van der Waals surface area contributed by atoms with E-state index in [-0.39, 0.29) is 0 Å². The summed E-state index contributed by atoms with van der Waals surface area (Å²) < 4.78 is 0. The van der Waals surface area contributed by atoms with Crippen LogP contribution >= 0.6 is 15.9 Å². The molecule has 2 rings (SSSR count). The second-order valence-electron chi connectivity index (χ2n) is 3.58. The van der Waals surface area contributed by atoms with Gasteiger partial charge in [0.15, 0.2) is 0 Å². The van der Waals surface area contributed by atoms with E-state index in [4.69, 9.17) is 0 Å². The average Bonchev–Trinajstić information content (AvgIpc) is 2.64. The standard InChI is InChI=1S/C10H13BrN4/c1-8-4-3-5-10(9(8)6-11)15-7-14(2)12-13-15/h3-5H,6-7H2,1-2H3. The molecule has 1 aliphatic heterocycles. The van der Waals surface area contributed by atoms with Gasteiger partial charge in [-0.15, -0.1) is 0 Å². The smallest absolute Gasteiger partial charge is 0.132 e. The lowest BCUT2D eigenvalue weighted by Gasteiger charge is -2.17. The minimum Gasteiger partial charge on any atom is -0.258 e. The fraction of sp³-hybridized carbons (Fsp3) is 0.400. The van der Waals surface area contributed by atoms with E-state index in [1.807, 2.05) is 18.1 Å². The van der Waals surface area contributed by atoms with Gasteiger partial charge < -0.3 is 0 Å². The van der Waals surface area contributed by atoms with E-state index in [1.54, 1.807) is 5.01 Å². The Bertz CT molecular complexity index is 391. The number of benzene rings is 1. The molecule has 0 saturated heterocycles. The van der Waals surface area contributed by atoms with E-state index >= 15 is 0 Å². The summed E-state index contributed by atoms with van der Waals surface area (Å²) >= 11 is 3.51. The van der Waals surface area contributed by atoms with Crippen LogP contribution in [0.1, 0.15) is 11.1 Å². The zero-order chi connectivity index (χ0) is 10.8. The lowest BCUT2D eigenvalue weighted by atomic mass is 10.1. The molecule has 0 radical (unpaired) electrons. The van der Waals surface area contributed by atoms with Crippen LogP contribution in [0.4, 0.5) is 5.69 Å². The number of nitrogens with zero attached hydrogens (tertiary/aromatic N) is 4. The number of alkyl halides is 1. The molecular weight excluding hydrogens is 256 g/mol. The molecule has 0 unspecified atom stereocenters. The van der Waals surface area contributed by atoms with E-state index in [1.165, 1.54) is 11.1 Å². The van der Waals surface area contributed by atoms with E-state index in [0.29, 0.717) is 6.67 Å². The van der Waals surface area contributed by atoms with Crippen molar-refractivity contribution in [2.45, 2.75) is 12.3 Å². The van der Waals surface area contributed by atoms with Gasteiger partial charge in [0.25, 0.3) is 0 Å². The second-order valence-corrected chi connectivity index (χ2v) is 4.14. The van der Waals surface area contributed by atoms with Crippen LogP contribution in [-0.4, -0.2) is 18.7 Å². The van der Waals surface area contributed by atoms with Crippen molar-refractivity contribution in [1.29, 1.82) is 0 Å². The highest BCUT2D eigenvalue weighted by Crippen LogP contribution is 2.28. The number of halogens is 1. The average molecular weight is 269 g/mol. The highest BCUT2D eigenvalue weighted by atomic mass is 79.9. The molecule has 0 aliphatic carbocycles. The molecule has 80 valence electrons. The SMILES string of the molecule is Cc1cccc(N2CN(C)N=N2)c1CBr. The Balaban J connectivity index is 2.36. The first-order valence-electron chi connectivity index (χ1n) is 4.77. The predicted octanol–water partition coefficient (Wildman–Crippen LogP) is 2.88. The predicted molar refractivity (Wildman–Crippen MR) is 63.8 cm³/mol. The Kier molecular flexibility index (Phi) is 2.90. The third-order valence-corrected chi connectivity index (χ3v) is 3.00. The van der Waals surface area contributed by atoms with Gasteiger partial charge in [0, 0.05) is 12.4 Å². The molecule has 0 bridgehead atoms. The number of hydrogen-bond acceptors (Lipinski definition) is 4.